The molecule has 0 aromatic rings. The van der Waals surface area contributed by atoms with Gasteiger partial charge in [0, 0.05) is 19.3 Å². The zero-order chi connectivity index (χ0) is 35.9. The van der Waals surface area contributed by atoms with Gasteiger partial charge in [-0.05, 0) is 51.4 Å². The van der Waals surface area contributed by atoms with Crippen molar-refractivity contribution in [2.24, 2.45) is 0 Å². The second kappa shape index (κ2) is 38.7. The SMILES string of the molecule is CCCCC/C=C\C/C=C\CCCCCCCC(=O)OCC(COC(=O)CCCCCCCC)OC(=O)CCCCCCCCCCCC. The van der Waals surface area contributed by atoms with Crippen LogP contribution in [0.4, 0.5) is 0 Å². The summed E-state index contributed by atoms with van der Waals surface area (Å²) in [6, 6.07) is 0. The Bertz CT molecular complexity index is 804. The Labute approximate surface area is 303 Å². The maximum absolute atomic E-state index is 12.6. The van der Waals surface area contributed by atoms with E-state index in [0.29, 0.717) is 19.3 Å². The fourth-order valence-electron chi connectivity index (χ4n) is 5.76. The predicted octanol–water partition coefficient (Wildman–Crippen LogP) is 12.9. The molecule has 0 bridgehead atoms. The second-order valence-corrected chi connectivity index (χ2v) is 13.9. The molecule has 6 heteroatoms. The molecule has 0 amide bonds. The van der Waals surface area contributed by atoms with Crippen molar-refractivity contribution in [1.82, 2.24) is 0 Å². The van der Waals surface area contributed by atoms with Crippen LogP contribution < -0.4 is 0 Å². The minimum absolute atomic E-state index is 0.0740. The number of unbranched alkanes of at least 4 members (excludes halogenated alkanes) is 22. The molecule has 0 aromatic heterocycles. The van der Waals surface area contributed by atoms with Crippen molar-refractivity contribution >= 4 is 17.9 Å². The standard InChI is InChI=1S/C43H78O6/c1-4-7-10-13-16-18-20-21-22-23-24-26-27-30-33-36-42(45)48-39-40(38-47-41(44)35-32-29-15-12-9-6-3)49-43(46)37-34-31-28-25-19-17-14-11-8-5-2/h16,18,21-22,40H,4-15,17,19-20,23-39H2,1-3H3/b18-16-,22-21-. The molecule has 0 saturated heterocycles. The van der Waals surface area contributed by atoms with Gasteiger partial charge in [-0.3, -0.25) is 14.4 Å². The predicted molar refractivity (Wildman–Crippen MR) is 206 cm³/mol. The Morgan fingerprint density at radius 3 is 1.16 bits per heavy atom. The summed E-state index contributed by atoms with van der Waals surface area (Å²) in [6.45, 7) is 6.51. The van der Waals surface area contributed by atoms with E-state index in [4.69, 9.17) is 14.2 Å². The summed E-state index contributed by atoms with van der Waals surface area (Å²) in [5.41, 5.74) is 0. The number of carbonyl (C=O) groups is 3. The highest BCUT2D eigenvalue weighted by atomic mass is 16.6. The Kier molecular flexibility index (Phi) is 37.0. The van der Waals surface area contributed by atoms with E-state index in [1.807, 2.05) is 0 Å². The lowest BCUT2D eigenvalue weighted by molar-refractivity contribution is -0.167. The molecule has 0 heterocycles. The molecular weight excluding hydrogens is 612 g/mol. The van der Waals surface area contributed by atoms with Crippen molar-refractivity contribution < 1.29 is 28.6 Å². The summed E-state index contributed by atoms with van der Waals surface area (Å²) in [5.74, 6) is -0.899. The summed E-state index contributed by atoms with van der Waals surface area (Å²) in [4.78, 5) is 37.4. The Balaban J connectivity index is 4.29. The van der Waals surface area contributed by atoms with Gasteiger partial charge in [0.1, 0.15) is 13.2 Å². The molecule has 286 valence electrons. The highest BCUT2D eigenvalue weighted by Gasteiger charge is 2.19. The third-order valence-corrected chi connectivity index (χ3v) is 8.96. The molecule has 0 aliphatic rings. The number of hydrogen-bond acceptors (Lipinski definition) is 6. The molecule has 0 fully saturated rings. The van der Waals surface area contributed by atoms with E-state index in [2.05, 4.69) is 45.1 Å². The van der Waals surface area contributed by atoms with Crippen molar-refractivity contribution in [3.8, 4) is 0 Å². The van der Waals surface area contributed by atoms with E-state index in [-0.39, 0.29) is 31.1 Å². The largest absolute Gasteiger partial charge is 0.462 e. The van der Waals surface area contributed by atoms with E-state index < -0.39 is 6.10 Å². The first-order valence-corrected chi connectivity index (χ1v) is 20.8. The molecular formula is C43H78O6. The summed E-state index contributed by atoms with van der Waals surface area (Å²) in [5, 5.41) is 0. The van der Waals surface area contributed by atoms with Gasteiger partial charge in [-0.15, -0.1) is 0 Å². The lowest BCUT2D eigenvalue weighted by atomic mass is 10.1. The van der Waals surface area contributed by atoms with Gasteiger partial charge >= 0.3 is 17.9 Å². The summed E-state index contributed by atoms with van der Waals surface area (Å²) in [6.07, 6.45) is 40.3. The monoisotopic (exact) mass is 691 g/mol. The number of ether oxygens (including phenoxy) is 3. The first-order chi connectivity index (χ1) is 24.0. The van der Waals surface area contributed by atoms with Gasteiger partial charge in [0.05, 0.1) is 0 Å². The molecule has 0 rings (SSSR count). The molecule has 6 nitrogen and oxygen atoms in total. The van der Waals surface area contributed by atoms with Crippen molar-refractivity contribution in [2.75, 3.05) is 13.2 Å². The Hall–Kier alpha value is -2.11. The van der Waals surface area contributed by atoms with E-state index in [1.54, 1.807) is 0 Å². The normalized spacial score (nSPS) is 12.1. The van der Waals surface area contributed by atoms with E-state index >= 15 is 0 Å². The van der Waals surface area contributed by atoms with Crippen LogP contribution in [0.2, 0.25) is 0 Å². The van der Waals surface area contributed by atoms with Crippen LogP contribution in [0, 0.1) is 0 Å². The van der Waals surface area contributed by atoms with Crippen LogP contribution in [0.1, 0.15) is 213 Å². The quantitative estimate of drug-likeness (QED) is 0.0279. The van der Waals surface area contributed by atoms with Gasteiger partial charge in [-0.25, -0.2) is 0 Å². The van der Waals surface area contributed by atoms with Gasteiger partial charge < -0.3 is 14.2 Å². The third kappa shape index (κ3) is 37.0. The minimum Gasteiger partial charge on any atom is -0.462 e. The molecule has 0 aliphatic heterocycles. The van der Waals surface area contributed by atoms with Crippen molar-refractivity contribution in [3.05, 3.63) is 24.3 Å². The number of allylic oxidation sites excluding steroid dienone is 4. The van der Waals surface area contributed by atoms with Crippen molar-refractivity contribution in [2.45, 2.75) is 219 Å². The average Bonchev–Trinajstić information content (AvgIpc) is 3.10. The molecule has 1 atom stereocenters. The van der Waals surface area contributed by atoms with Crippen LogP contribution in [0.3, 0.4) is 0 Å². The van der Waals surface area contributed by atoms with Crippen LogP contribution in [-0.4, -0.2) is 37.2 Å². The maximum atomic E-state index is 12.6. The van der Waals surface area contributed by atoms with Crippen LogP contribution in [-0.2, 0) is 28.6 Å². The highest BCUT2D eigenvalue weighted by Crippen LogP contribution is 2.13. The smallest absolute Gasteiger partial charge is 0.306 e. The molecule has 1 unspecified atom stereocenters. The molecule has 0 spiro atoms. The first-order valence-electron chi connectivity index (χ1n) is 20.8. The fraction of sp³-hybridized carbons (Fsp3) is 0.837. The number of hydrogen-bond donors (Lipinski definition) is 0. The van der Waals surface area contributed by atoms with Crippen molar-refractivity contribution in [1.29, 1.82) is 0 Å². The average molecular weight is 691 g/mol. The van der Waals surface area contributed by atoms with Gasteiger partial charge in [0.25, 0.3) is 0 Å². The lowest BCUT2D eigenvalue weighted by Gasteiger charge is -2.18. The minimum atomic E-state index is -0.766. The summed E-state index contributed by atoms with van der Waals surface area (Å²) >= 11 is 0. The lowest BCUT2D eigenvalue weighted by Crippen LogP contribution is -2.30. The molecule has 0 aliphatic carbocycles. The van der Waals surface area contributed by atoms with Crippen LogP contribution >= 0.6 is 0 Å². The fourth-order valence-corrected chi connectivity index (χ4v) is 5.76. The first kappa shape index (κ1) is 46.9. The van der Waals surface area contributed by atoms with Crippen molar-refractivity contribution in [3.63, 3.8) is 0 Å². The highest BCUT2D eigenvalue weighted by molar-refractivity contribution is 5.71. The second-order valence-electron chi connectivity index (χ2n) is 13.9. The topological polar surface area (TPSA) is 78.9 Å². The third-order valence-electron chi connectivity index (χ3n) is 8.96. The van der Waals surface area contributed by atoms with Gasteiger partial charge in [0.2, 0.25) is 0 Å². The van der Waals surface area contributed by atoms with Crippen LogP contribution in [0.25, 0.3) is 0 Å². The summed E-state index contributed by atoms with van der Waals surface area (Å²) in [7, 11) is 0. The maximum Gasteiger partial charge on any atom is 0.306 e. The molecule has 0 radical (unpaired) electrons. The number of carbonyl (C=O) groups excluding carboxylic acids is 3. The Morgan fingerprint density at radius 2 is 0.735 bits per heavy atom. The zero-order valence-corrected chi connectivity index (χ0v) is 32.5. The number of esters is 3. The molecule has 0 aromatic carbocycles. The molecule has 0 saturated carbocycles. The number of rotatable bonds is 37. The summed E-state index contributed by atoms with van der Waals surface area (Å²) < 4.78 is 16.6. The van der Waals surface area contributed by atoms with Gasteiger partial charge in [-0.1, -0.05) is 167 Å². The van der Waals surface area contributed by atoms with E-state index in [0.717, 1.165) is 77.0 Å². The van der Waals surface area contributed by atoms with Crippen LogP contribution in [0.5, 0.6) is 0 Å². The van der Waals surface area contributed by atoms with Crippen LogP contribution in [0.15, 0.2) is 24.3 Å². The zero-order valence-electron chi connectivity index (χ0n) is 32.5. The molecule has 49 heavy (non-hydrogen) atoms. The molecule has 0 N–H and O–H groups in total. The van der Waals surface area contributed by atoms with E-state index in [1.165, 1.54) is 96.3 Å². The Morgan fingerprint density at radius 1 is 0.408 bits per heavy atom. The van der Waals surface area contributed by atoms with E-state index in [9.17, 15) is 14.4 Å². The van der Waals surface area contributed by atoms with Gasteiger partial charge in [0.15, 0.2) is 6.10 Å². The van der Waals surface area contributed by atoms with Gasteiger partial charge in [-0.2, -0.15) is 0 Å².